The molecule has 2 heterocycles. The Balaban J connectivity index is 1.63. The zero-order valence-corrected chi connectivity index (χ0v) is 14.0. The van der Waals surface area contributed by atoms with Crippen LogP contribution in [0.25, 0.3) is 0 Å². The zero-order valence-electron chi connectivity index (χ0n) is 9.99. The lowest BCUT2D eigenvalue weighted by atomic mass is 10.0. The molecule has 0 spiro atoms. The van der Waals surface area contributed by atoms with Gasteiger partial charge in [0.2, 0.25) is 0 Å². The van der Waals surface area contributed by atoms with Crippen LogP contribution in [0.15, 0.2) is 13.6 Å². The molecule has 0 aromatic carbocycles. The number of Topliss-reactive ketones (excluding diaryl/α,β-unsaturated/α-hetero) is 1. The Labute approximate surface area is 128 Å². The second-order valence-corrected chi connectivity index (χ2v) is 9.06. The summed E-state index contributed by atoms with van der Waals surface area (Å²) in [4.78, 5) is 14.6. The molecule has 18 heavy (non-hydrogen) atoms. The van der Waals surface area contributed by atoms with Crippen molar-refractivity contribution in [3.63, 3.8) is 0 Å². The molecule has 1 aliphatic carbocycles. The van der Waals surface area contributed by atoms with Gasteiger partial charge in [0.05, 0.1) is 14.1 Å². The molecule has 1 saturated heterocycles. The lowest BCUT2D eigenvalue weighted by Crippen LogP contribution is -2.28. The van der Waals surface area contributed by atoms with Gasteiger partial charge in [-0.3, -0.25) is 9.69 Å². The highest BCUT2D eigenvalue weighted by molar-refractivity contribution is 9.12. The fourth-order valence-electron chi connectivity index (χ4n) is 3.28. The van der Waals surface area contributed by atoms with Crippen molar-refractivity contribution >= 4 is 49.0 Å². The lowest BCUT2D eigenvalue weighted by molar-refractivity contribution is 0.0940. The normalized spacial score (nSPS) is 27.7. The van der Waals surface area contributed by atoms with Gasteiger partial charge >= 0.3 is 0 Å². The maximum Gasteiger partial charge on any atom is 0.178 e. The Hall–Kier alpha value is 0.290. The van der Waals surface area contributed by atoms with Crippen LogP contribution in [0.2, 0.25) is 0 Å². The minimum Gasteiger partial charge on any atom is -0.295 e. The Morgan fingerprint density at radius 2 is 2.00 bits per heavy atom. The molecular formula is C13H15Br2NOS. The van der Waals surface area contributed by atoms with Crippen LogP contribution in [-0.4, -0.2) is 30.3 Å². The lowest BCUT2D eigenvalue weighted by Gasteiger charge is -2.15. The number of hydrogen-bond donors (Lipinski definition) is 0. The van der Waals surface area contributed by atoms with E-state index in [-0.39, 0.29) is 5.78 Å². The van der Waals surface area contributed by atoms with Crippen LogP contribution in [0, 0.1) is 11.8 Å². The van der Waals surface area contributed by atoms with E-state index < -0.39 is 0 Å². The summed E-state index contributed by atoms with van der Waals surface area (Å²) in [6, 6.07) is 1.92. The van der Waals surface area contributed by atoms with Crippen LogP contribution in [0.1, 0.15) is 29.6 Å². The monoisotopic (exact) mass is 391 g/mol. The van der Waals surface area contributed by atoms with Crippen LogP contribution in [0.3, 0.4) is 0 Å². The van der Waals surface area contributed by atoms with Gasteiger partial charge in [0.1, 0.15) is 0 Å². The molecule has 5 heteroatoms. The van der Waals surface area contributed by atoms with Crippen molar-refractivity contribution < 1.29 is 4.79 Å². The molecule has 1 aromatic rings. The Morgan fingerprint density at radius 3 is 2.56 bits per heavy atom. The third kappa shape index (κ3) is 2.60. The molecule has 2 atom stereocenters. The number of nitrogens with zero attached hydrogens (tertiary/aromatic N) is 1. The summed E-state index contributed by atoms with van der Waals surface area (Å²) in [5.41, 5.74) is 0.823. The van der Waals surface area contributed by atoms with Gasteiger partial charge in [-0.2, -0.15) is 0 Å². The maximum atomic E-state index is 12.3. The minimum atomic E-state index is 0.240. The van der Waals surface area contributed by atoms with E-state index in [1.807, 2.05) is 6.07 Å². The number of halogens is 2. The van der Waals surface area contributed by atoms with E-state index in [9.17, 15) is 4.79 Å². The number of likely N-dealkylation sites (tertiary alicyclic amines) is 1. The molecule has 1 aromatic heterocycles. The smallest absolute Gasteiger partial charge is 0.178 e. The number of carbonyl (C=O) groups excluding carboxylic acids is 1. The second kappa shape index (κ2) is 5.35. The topological polar surface area (TPSA) is 20.3 Å². The first-order valence-electron chi connectivity index (χ1n) is 6.34. The van der Waals surface area contributed by atoms with Crippen LogP contribution in [0.5, 0.6) is 0 Å². The first-order valence-corrected chi connectivity index (χ1v) is 8.74. The first-order chi connectivity index (χ1) is 8.63. The van der Waals surface area contributed by atoms with Crippen molar-refractivity contribution in [3.8, 4) is 0 Å². The zero-order chi connectivity index (χ0) is 12.7. The number of thiophene rings is 1. The van der Waals surface area contributed by atoms with Crippen LogP contribution in [0.4, 0.5) is 0 Å². The molecule has 0 amide bonds. The Morgan fingerprint density at radius 1 is 1.33 bits per heavy atom. The van der Waals surface area contributed by atoms with E-state index in [0.717, 1.165) is 38.1 Å². The van der Waals surface area contributed by atoms with Gasteiger partial charge in [0.25, 0.3) is 0 Å². The van der Waals surface area contributed by atoms with Gasteiger partial charge in [-0.15, -0.1) is 11.3 Å². The van der Waals surface area contributed by atoms with Gasteiger partial charge in [-0.05, 0) is 62.6 Å². The van der Waals surface area contributed by atoms with Crippen molar-refractivity contribution in [2.24, 2.45) is 11.8 Å². The third-order valence-electron chi connectivity index (χ3n) is 4.13. The molecule has 98 valence electrons. The van der Waals surface area contributed by atoms with Gasteiger partial charge in [-0.25, -0.2) is 0 Å². The summed E-state index contributed by atoms with van der Waals surface area (Å²) >= 11 is 8.46. The SMILES string of the molecule is O=C(CN1CC2CCCC2C1)c1cc(Br)sc1Br. The molecule has 2 fully saturated rings. The van der Waals surface area contributed by atoms with Crippen molar-refractivity contribution in [1.82, 2.24) is 4.90 Å². The molecule has 1 aliphatic heterocycles. The van der Waals surface area contributed by atoms with Crippen molar-refractivity contribution in [3.05, 3.63) is 19.2 Å². The van der Waals surface area contributed by atoms with E-state index in [2.05, 4.69) is 36.8 Å². The van der Waals surface area contributed by atoms with E-state index in [4.69, 9.17) is 0 Å². The van der Waals surface area contributed by atoms with Gasteiger partial charge < -0.3 is 0 Å². The summed E-state index contributed by atoms with van der Waals surface area (Å²) in [5.74, 6) is 1.95. The molecule has 2 nitrogen and oxygen atoms in total. The van der Waals surface area contributed by atoms with Gasteiger partial charge in [0.15, 0.2) is 5.78 Å². The maximum absolute atomic E-state index is 12.3. The van der Waals surface area contributed by atoms with Crippen LogP contribution in [-0.2, 0) is 0 Å². The van der Waals surface area contributed by atoms with Crippen molar-refractivity contribution in [1.29, 1.82) is 0 Å². The Kier molecular flexibility index (Phi) is 3.95. The van der Waals surface area contributed by atoms with Crippen LogP contribution >= 0.6 is 43.2 Å². The van der Waals surface area contributed by atoms with Crippen molar-refractivity contribution in [2.45, 2.75) is 19.3 Å². The summed E-state index contributed by atoms with van der Waals surface area (Å²) in [7, 11) is 0. The highest BCUT2D eigenvalue weighted by atomic mass is 79.9. The summed E-state index contributed by atoms with van der Waals surface area (Å²) in [6.07, 6.45) is 4.12. The predicted molar refractivity (Wildman–Crippen MR) is 81.3 cm³/mol. The Bertz CT molecular complexity index is 462. The molecule has 0 N–H and O–H groups in total. The third-order valence-corrected chi connectivity index (χ3v) is 6.47. The summed E-state index contributed by atoms with van der Waals surface area (Å²) in [6.45, 7) is 2.83. The number of fused-ring (bicyclic) bond motifs is 1. The molecule has 0 bridgehead atoms. The molecule has 2 aliphatic rings. The molecule has 1 saturated carbocycles. The fourth-order valence-corrected chi connectivity index (χ4v) is 6.14. The van der Waals surface area contributed by atoms with Crippen LogP contribution < -0.4 is 0 Å². The molecule has 2 unspecified atom stereocenters. The predicted octanol–water partition coefficient (Wildman–Crippen LogP) is 4.19. The van der Waals surface area contributed by atoms with Gasteiger partial charge in [0, 0.05) is 18.7 Å². The number of rotatable bonds is 3. The van der Waals surface area contributed by atoms with Gasteiger partial charge in [-0.1, -0.05) is 6.42 Å². The molecular weight excluding hydrogens is 378 g/mol. The van der Waals surface area contributed by atoms with E-state index >= 15 is 0 Å². The highest BCUT2D eigenvalue weighted by Gasteiger charge is 2.36. The minimum absolute atomic E-state index is 0.240. The largest absolute Gasteiger partial charge is 0.295 e. The van der Waals surface area contributed by atoms with E-state index in [1.54, 1.807) is 11.3 Å². The first kappa shape index (κ1) is 13.3. The number of hydrogen-bond acceptors (Lipinski definition) is 3. The molecule has 0 radical (unpaired) electrons. The van der Waals surface area contributed by atoms with E-state index in [0.29, 0.717) is 6.54 Å². The quantitative estimate of drug-likeness (QED) is 0.719. The highest BCUT2D eigenvalue weighted by Crippen LogP contribution is 2.38. The fraction of sp³-hybridized carbons (Fsp3) is 0.615. The number of carbonyl (C=O) groups is 1. The van der Waals surface area contributed by atoms with E-state index in [1.165, 1.54) is 19.3 Å². The second-order valence-electron chi connectivity index (χ2n) is 5.31. The summed E-state index contributed by atoms with van der Waals surface area (Å²) < 4.78 is 1.95. The average molecular weight is 393 g/mol. The summed E-state index contributed by atoms with van der Waals surface area (Å²) in [5, 5.41) is 0. The molecule has 3 rings (SSSR count). The average Bonchev–Trinajstić information content (AvgIpc) is 2.92. The number of ketones is 1. The standard InChI is InChI=1S/C13H15Br2NOS/c14-12-4-10(13(15)18-12)11(17)7-16-5-8-2-1-3-9(8)6-16/h4,8-9H,1-3,5-7H2. The van der Waals surface area contributed by atoms with Crippen molar-refractivity contribution in [2.75, 3.05) is 19.6 Å².